The Hall–Kier alpha value is -1.33. The Kier molecular flexibility index (Phi) is 3.11. The van der Waals surface area contributed by atoms with Crippen molar-refractivity contribution in [2.45, 2.75) is 20.5 Å². The van der Waals surface area contributed by atoms with E-state index >= 15 is 0 Å². The van der Waals surface area contributed by atoms with Crippen LogP contribution in [0.3, 0.4) is 0 Å². The van der Waals surface area contributed by atoms with Gasteiger partial charge in [-0.1, -0.05) is 19.9 Å². The maximum absolute atomic E-state index is 12.4. The highest BCUT2D eigenvalue weighted by atomic mass is 16.5. The summed E-state index contributed by atoms with van der Waals surface area (Å²) in [5.41, 5.74) is 2.39. The molecule has 1 aromatic rings. The molecule has 1 amide bonds. The van der Waals surface area contributed by atoms with Crippen molar-refractivity contribution in [1.82, 2.24) is 4.90 Å². The first kappa shape index (κ1) is 12.7. The second kappa shape index (κ2) is 4.65. The standard InChI is InChI=1S/C14H18BNO3/c1-9-6-16(7-10(9)2)14(17)11-3-4-13-12(5-11)8-19-15(13)18/h3-5,9-10,18H,6-8H2,1-2H3. The molecule has 2 aliphatic rings. The summed E-state index contributed by atoms with van der Waals surface area (Å²) >= 11 is 0. The largest absolute Gasteiger partial charge is 0.491 e. The third-order valence-electron chi connectivity index (χ3n) is 4.33. The van der Waals surface area contributed by atoms with Crippen LogP contribution in [0, 0.1) is 11.8 Å². The van der Waals surface area contributed by atoms with E-state index in [1.54, 1.807) is 12.1 Å². The maximum atomic E-state index is 12.4. The molecule has 1 saturated heterocycles. The summed E-state index contributed by atoms with van der Waals surface area (Å²) in [7, 11) is -0.842. The Bertz CT molecular complexity index is 509. The average molecular weight is 259 g/mol. The van der Waals surface area contributed by atoms with E-state index in [1.165, 1.54) is 0 Å². The van der Waals surface area contributed by atoms with Crippen LogP contribution in [0.5, 0.6) is 0 Å². The van der Waals surface area contributed by atoms with E-state index in [0.29, 0.717) is 24.0 Å². The van der Waals surface area contributed by atoms with Crippen molar-refractivity contribution >= 4 is 18.5 Å². The molecular formula is C14H18BNO3. The Labute approximate surface area is 113 Å². The topological polar surface area (TPSA) is 49.8 Å². The minimum atomic E-state index is -0.842. The summed E-state index contributed by atoms with van der Waals surface area (Å²) in [5, 5.41) is 9.57. The average Bonchev–Trinajstić information content (AvgIpc) is 2.93. The molecule has 0 saturated carbocycles. The van der Waals surface area contributed by atoms with E-state index in [9.17, 15) is 9.82 Å². The molecule has 1 fully saturated rings. The van der Waals surface area contributed by atoms with Crippen molar-refractivity contribution in [1.29, 1.82) is 0 Å². The van der Waals surface area contributed by atoms with Gasteiger partial charge >= 0.3 is 7.12 Å². The van der Waals surface area contributed by atoms with Crippen molar-refractivity contribution in [2.24, 2.45) is 11.8 Å². The van der Waals surface area contributed by atoms with Crippen LogP contribution in [-0.4, -0.2) is 36.0 Å². The van der Waals surface area contributed by atoms with Gasteiger partial charge in [-0.15, -0.1) is 0 Å². The van der Waals surface area contributed by atoms with Gasteiger partial charge in [-0.2, -0.15) is 0 Å². The molecule has 0 aromatic heterocycles. The van der Waals surface area contributed by atoms with Gasteiger partial charge in [0.25, 0.3) is 5.91 Å². The van der Waals surface area contributed by atoms with E-state index < -0.39 is 7.12 Å². The molecule has 100 valence electrons. The van der Waals surface area contributed by atoms with E-state index in [2.05, 4.69) is 13.8 Å². The third kappa shape index (κ3) is 2.17. The van der Waals surface area contributed by atoms with Gasteiger partial charge in [0.15, 0.2) is 0 Å². The van der Waals surface area contributed by atoms with Gasteiger partial charge in [-0.3, -0.25) is 4.79 Å². The molecule has 0 spiro atoms. The maximum Gasteiger partial charge on any atom is 0.491 e. The molecule has 1 aromatic carbocycles. The number of likely N-dealkylation sites (tertiary alicyclic amines) is 1. The lowest BCUT2D eigenvalue weighted by atomic mass is 9.79. The minimum absolute atomic E-state index is 0.0837. The molecule has 4 nitrogen and oxygen atoms in total. The van der Waals surface area contributed by atoms with Gasteiger partial charge in [-0.25, -0.2) is 0 Å². The molecule has 2 atom stereocenters. The van der Waals surface area contributed by atoms with Crippen LogP contribution < -0.4 is 5.46 Å². The smallest absolute Gasteiger partial charge is 0.423 e. The molecule has 1 N–H and O–H groups in total. The first-order valence-corrected chi connectivity index (χ1v) is 6.78. The van der Waals surface area contributed by atoms with Crippen molar-refractivity contribution in [3.8, 4) is 0 Å². The lowest BCUT2D eigenvalue weighted by molar-refractivity contribution is 0.0785. The SMILES string of the molecule is CC1CN(C(=O)c2ccc3c(c2)COB3O)CC1C. The van der Waals surface area contributed by atoms with Crippen LogP contribution in [0.2, 0.25) is 0 Å². The Morgan fingerprint density at radius 2 is 2.05 bits per heavy atom. The van der Waals surface area contributed by atoms with E-state index in [-0.39, 0.29) is 5.91 Å². The zero-order valence-corrected chi connectivity index (χ0v) is 11.3. The second-order valence-corrected chi connectivity index (χ2v) is 5.74. The highest BCUT2D eigenvalue weighted by Crippen LogP contribution is 2.24. The van der Waals surface area contributed by atoms with Crippen molar-refractivity contribution in [3.63, 3.8) is 0 Å². The van der Waals surface area contributed by atoms with E-state index in [0.717, 1.165) is 24.1 Å². The molecule has 5 heteroatoms. The summed E-state index contributed by atoms with van der Waals surface area (Å²) < 4.78 is 5.15. The number of fused-ring (bicyclic) bond motifs is 1. The first-order chi connectivity index (χ1) is 9.06. The Morgan fingerprint density at radius 3 is 2.74 bits per heavy atom. The number of amides is 1. The summed E-state index contributed by atoms with van der Waals surface area (Å²) in [6.45, 7) is 6.41. The van der Waals surface area contributed by atoms with Crippen LogP contribution in [0.4, 0.5) is 0 Å². The van der Waals surface area contributed by atoms with E-state index in [4.69, 9.17) is 4.65 Å². The van der Waals surface area contributed by atoms with Crippen molar-refractivity contribution < 1.29 is 14.5 Å². The molecule has 2 aliphatic heterocycles. The highest BCUT2D eigenvalue weighted by Gasteiger charge is 2.32. The lowest BCUT2D eigenvalue weighted by Gasteiger charge is -2.16. The number of carbonyl (C=O) groups is 1. The molecule has 2 heterocycles. The predicted molar refractivity (Wildman–Crippen MR) is 73.1 cm³/mol. The summed E-state index contributed by atoms with van der Waals surface area (Å²) in [5.74, 6) is 1.20. The fourth-order valence-corrected chi connectivity index (χ4v) is 2.84. The molecule has 2 unspecified atom stereocenters. The van der Waals surface area contributed by atoms with Crippen LogP contribution in [-0.2, 0) is 11.3 Å². The number of hydrogen-bond acceptors (Lipinski definition) is 3. The zero-order chi connectivity index (χ0) is 13.6. The molecule has 0 radical (unpaired) electrons. The van der Waals surface area contributed by atoms with E-state index in [1.807, 2.05) is 11.0 Å². The summed E-state index contributed by atoms with van der Waals surface area (Å²) in [6.07, 6.45) is 0. The Morgan fingerprint density at radius 1 is 1.37 bits per heavy atom. The van der Waals surface area contributed by atoms with Crippen LogP contribution >= 0.6 is 0 Å². The highest BCUT2D eigenvalue weighted by molar-refractivity contribution is 6.61. The fourth-order valence-electron chi connectivity index (χ4n) is 2.84. The monoisotopic (exact) mass is 259 g/mol. The van der Waals surface area contributed by atoms with Gasteiger partial charge in [0.2, 0.25) is 0 Å². The molecule has 0 bridgehead atoms. The van der Waals surface area contributed by atoms with Crippen molar-refractivity contribution in [2.75, 3.05) is 13.1 Å². The fraction of sp³-hybridized carbons (Fsp3) is 0.500. The number of carbonyl (C=O) groups excluding carboxylic acids is 1. The van der Waals surface area contributed by atoms with Crippen molar-refractivity contribution in [3.05, 3.63) is 29.3 Å². The number of benzene rings is 1. The number of hydrogen-bond donors (Lipinski definition) is 1. The van der Waals surface area contributed by atoms with Crippen LogP contribution in [0.15, 0.2) is 18.2 Å². The van der Waals surface area contributed by atoms with Crippen LogP contribution in [0.1, 0.15) is 29.8 Å². The third-order valence-corrected chi connectivity index (χ3v) is 4.33. The Balaban J connectivity index is 1.82. The molecule has 3 rings (SSSR count). The molecule has 0 aliphatic carbocycles. The summed E-state index contributed by atoms with van der Waals surface area (Å²) in [4.78, 5) is 14.4. The quantitative estimate of drug-likeness (QED) is 0.753. The second-order valence-electron chi connectivity index (χ2n) is 5.74. The zero-order valence-electron chi connectivity index (χ0n) is 11.3. The minimum Gasteiger partial charge on any atom is -0.423 e. The van der Waals surface area contributed by atoms with Gasteiger partial charge in [-0.05, 0) is 35.0 Å². The molecule has 19 heavy (non-hydrogen) atoms. The number of nitrogens with zero attached hydrogens (tertiary/aromatic N) is 1. The summed E-state index contributed by atoms with van der Waals surface area (Å²) in [6, 6.07) is 5.43. The lowest BCUT2D eigenvalue weighted by Crippen LogP contribution is -2.31. The predicted octanol–water partition coefficient (Wildman–Crippen LogP) is 0.632. The normalized spacial score (nSPS) is 25.8. The molecular weight excluding hydrogens is 241 g/mol. The first-order valence-electron chi connectivity index (χ1n) is 6.78. The van der Waals surface area contributed by atoms with Gasteiger partial charge in [0, 0.05) is 18.7 Å². The van der Waals surface area contributed by atoms with Gasteiger partial charge in [0.1, 0.15) is 0 Å². The van der Waals surface area contributed by atoms with Crippen LogP contribution in [0.25, 0.3) is 0 Å². The van der Waals surface area contributed by atoms with Gasteiger partial charge in [0.05, 0.1) is 6.61 Å². The number of rotatable bonds is 1. The van der Waals surface area contributed by atoms with Gasteiger partial charge < -0.3 is 14.6 Å².